The molecule has 5 heteroatoms. The van der Waals surface area contributed by atoms with Crippen LogP contribution in [0.15, 0.2) is 30.5 Å². The van der Waals surface area contributed by atoms with Crippen LogP contribution < -0.4 is 0 Å². The van der Waals surface area contributed by atoms with Gasteiger partial charge in [0.15, 0.2) is 6.04 Å². The quantitative estimate of drug-likeness (QED) is 0.897. The van der Waals surface area contributed by atoms with E-state index >= 15 is 0 Å². The molecule has 1 atom stereocenters. The number of carbonyl (C=O) groups is 1. The van der Waals surface area contributed by atoms with E-state index in [1.165, 1.54) is 4.68 Å². The van der Waals surface area contributed by atoms with Gasteiger partial charge in [0.25, 0.3) is 0 Å². The number of nitrogens with zero attached hydrogens (tertiary/aromatic N) is 3. The third kappa shape index (κ3) is 2.25. The van der Waals surface area contributed by atoms with E-state index in [4.69, 9.17) is 0 Å². The van der Waals surface area contributed by atoms with Gasteiger partial charge < -0.3 is 5.11 Å². The second-order valence-electron chi connectivity index (χ2n) is 4.19. The number of hydrogen-bond acceptors (Lipinski definition) is 3. The standard InChI is InChI=1S/C13H15N3O2/c1-3-11(13(17)18)16-12(8-14-15-16)10-6-4-9(2)5-7-10/h4-8,11H,3H2,1-2H3,(H,17,18). The molecule has 94 valence electrons. The zero-order valence-corrected chi connectivity index (χ0v) is 10.4. The van der Waals surface area contributed by atoms with Gasteiger partial charge in [-0.15, -0.1) is 5.10 Å². The van der Waals surface area contributed by atoms with Gasteiger partial charge in [0.2, 0.25) is 0 Å². The zero-order chi connectivity index (χ0) is 13.1. The van der Waals surface area contributed by atoms with E-state index < -0.39 is 12.0 Å². The summed E-state index contributed by atoms with van der Waals surface area (Å²) in [7, 11) is 0. The fraction of sp³-hybridized carbons (Fsp3) is 0.308. The summed E-state index contributed by atoms with van der Waals surface area (Å²) in [5.41, 5.74) is 2.80. The Morgan fingerprint density at radius 2 is 2.06 bits per heavy atom. The normalized spacial score (nSPS) is 12.3. The fourth-order valence-electron chi connectivity index (χ4n) is 1.86. The third-order valence-corrected chi connectivity index (χ3v) is 2.89. The lowest BCUT2D eigenvalue weighted by molar-refractivity contribution is -0.141. The first-order valence-corrected chi connectivity index (χ1v) is 5.83. The zero-order valence-electron chi connectivity index (χ0n) is 10.4. The Morgan fingerprint density at radius 1 is 1.39 bits per heavy atom. The number of hydrogen-bond donors (Lipinski definition) is 1. The first-order valence-electron chi connectivity index (χ1n) is 5.83. The van der Waals surface area contributed by atoms with Crippen LogP contribution in [0.2, 0.25) is 0 Å². The summed E-state index contributed by atoms with van der Waals surface area (Å²) in [6.45, 7) is 3.82. The van der Waals surface area contributed by atoms with Gasteiger partial charge in [0.1, 0.15) is 0 Å². The minimum absolute atomic E-state index is 0.470. The Bertz CT molecular complexity index is 546. The number of rotatable bonds is 4. The van der Waals surface area contributed by atoms with Crippen LogP contribution in [0, 0.1) is 6.92 Å². The van der Waals surface area contributed by atoms with E-state index in [0.717, 1.165) is 16.8 Å². The van der Waals surface area contributed by atoms with E-state index in [-0.39, 0.29) is 0 Å². The topological polar surface area (TPSA) is 68.0 Å². The maximum absolute atomic E-state index is 11.2. The summed E-state index contributed by atoms with van der Waals surface area (Å²) in [6.07, 6.45) is 2.06. The second kappa shape index (κ2) is 5.00. The molecule has 1 aromatic heterocycles. The Morgan fingerprint density at radius 3 is 2.61 bits per heavy atom. The molecule has 0 fully saturated rings. The molecule has 0 radical (unpaired) electrons. The van der Waals surface area contributed by atoms with Crippen LogP contribution in [0.3, 0.4) is 0 Å². The summed E-state index contributed by atoms with van der Waals surface area (Å²) in [5.74, 6) is -0.892. The fourth-order valence-corrected chi connectivity index (χ4v) is 1.86. The largest absolute Gasteiger partial charge is 0.480 e. The predicted molar refractivity (Wildman–Crippen MR) is 67.2 cm³/mol. The first-order chi connectivity index (χ1) is 8.63. The second-order valence-corrected chi connectivity index (χ2v) is 4.19. The van der Waals surface area contributed by atoms with Crippen molar-refractivity contribution < 1.29 is 9.90 Å². The van der Waals surface area contributed by atoms with E-state index in [0.29, 0.717) is 6.42 Å². The smallest absolute Gasteiger partial charge is 0.328 e. The summed E-state index contributed by atoms with van der Waals surface area (Å²) in [6, 6.07) is 7.17. The number of carboxylic acids is 1. The Labute approximate surface area is 105 Å². The molecule has 0 spiro atoms. The summed E-state index contributed by atoms with van der Waals surface area (Å²) in [4.78, 5) is 11.2. The molecule has 1 N–H and O–H groups in total. The molecule has 1 aromatic carbocycles. The molecule has 0 bridgehead atoms. The number of aliphatic carboxylic acids is 1. The van der Waals surface area contributed by atoms with Gasteiger partial charge >= 0.3 is 5.97 Å². The molecule has 0 aliphatic carbocycles. The van der Waals surface area contributed by atoms with Crippen LogP contribution in [0.5, 0.6) is 0 Å². The molecule has 0 saturated carbocycles. The highest BCUT2D eigenvalue weighted by atomic mass is 16.4. The number of aryl methyl sites for hydroxylation is 1. The van der Waals surface area contributed by atoms with Crippen LogP contribution in [0.25, 0.3) is 11.3 Å². The molecule has 5 nitrogen and oxygen atoms in total. The van der Waals surface area contributed by atoms with Gasteiger partial charge in [0.05, 0.1) is 11.9 Å². The van der Waals surface area contributed by atoms with Gasteiger partial charge in [-0.05, 0) is 13.3 Å². The SMILES string of the molecule is CCC(C(=O)O)n1nncc1-c1ccc(C)cc1. The van der Waals surface area contributed by atoms with Crippen molar-refractivity contribution in [3.05, 3.63) is 36.0 Å². The number of carboxylic acid groups (broad SMARTS) is 1. The average Bonchev–Trinajstić information content (AvgIpc) is 2.79. The lowest BCUT2D eigenvalue weighted by Gasteiger charge is -2.13. The molecule has 18 heavy (non-hydrogen) atoms. The van der Waals surface area contributed by atoms with Crippen molar-refractivity contribution in [2.45, 2.75) is 26.3 Å². The minimum atomic E-state index is -0.892. The third-order valence-electron chi connectivity index (χ3n) is 2.89. The number of aromatic nitrogens is 3. The Hall–Kier alpha value is -2.17. The van der Waals surface area contributed by atoms with Crippen molar-refractivity contribution in [3.8, 4) is 11.3 Å². The molecule has 2 rings (SSSR count). The molecule has 0 amide bonds. The van der Waals surface area contributed by atoms with Crippen LogP contribution in [-0.2, 0) is 4.79 Å². The van der Waals surface area contributed by atoms with Crippen molar-refractivity contribution >= 4 is 5.97 Å². The molecule has 1 unspecified atom stereocenters. The van der Waals surface area contributed by atoms with Crippen LogP contribution in [0.4, 0.5) is 0 Å². The maximum atomic E-state index is 11.2. The first kappa shape index (κ1) is 12.3. The van der Waals surface area contributed by atoms with Crippen molar-refractivity contribution in [2.24, 2.45) is 0 Å². The number of benzene rings is 1. The van der Waals surface area contributed by atoms with E-state index in [1.807, 2.05) is 38.1 Å². The lowest BCUT2D eigenvalue weighted by atomic mass is 10.1. The van der Waals surface area contributed by atoms with Crippen molar-refractivity contribution in [1.82, 2.24) is 15.0 Å². The molecular formula is C13H15N3O2. The van der Waals surface area contributed by atoms with Crippen LogP contribution in [-0.4, -0.2) is 26.1 Å². The highest BCUT2D eigenvalue weighted by Crippen LogP contribution is 2.23. The van der Waals surface area contributed by atoms with Gasteiger partial charge in [-0.3, -0.25) is 0 Å². The molecule has 0 aliphatic heterocycles. The highest BCUT2D eigenvalue weighted by Gasteiger charge is 2.21. The molecule has 1 heterocycles. The van der Waals surface area contributed by atoms with Gasteiger partial charge in [-0.1, -0.05) is 42.0 Å². The van der Waals surface area contributed by atoms with Crippen LogP contribution in [0.1, 0.15) is 24.9 Å². The molecule has 2 aromatic rings. The minimum Gasteiger partial charge on any atom is -0.480 e. The van der Waals surface area contributed by atoms with Gasteiger partial charge in [-0.25, -0.2) is 9.48 Å². The van der Waals surface area contributed by atoms with E-state index in [1.54, 1.807) is 6.20 Å². The Balaban J connectivity index is 2.44. The lowest BCUT2D eigenvalue weighted by Crippen LogP contribution is -2.20. The average molecular weight is 245 g/mol. The summed E-state index contributed by atoms with van der Waals surface area (Å²) in [5, 5.41) is 16.9. The van der Waals surface area contributed by atoms with Gasteiger partial charge in [0, 0.05) is 5.56 Å². The monoisotopic (exact) mass is 245 g/mol. The maximum Gasteiger partial charge on any atom is 0.328 e. The molecule has 0 aliphatic rings. The Kier molecular flexibility index (Phi) is 3.41. The van der Waals surface area contributed by atoms with Gasteiger partial charge in [-0.2, -0.15) is 0 Å². The molecular weight excluding hydrogens is 230 g/mol. The van der Waals surface area contributed by atoms with E-state index in [9.17, 15) is 9.90 Å². The van der Waals surface area contributed by atoms with Crippen LogP contribution >= 0.6 is 0 Å². The van der Waals surface area contributed by atoms with E-state index in [2.05, 4.69) is 10.3 Å². The van der Waals surface area contributed by atoms with Crippen molar-refractivity contribution in [3.63, 3.8) is 0 Å². The predicted octanol–water partition coefficient (Wildman–Crippen LogP) is 2.29. The van der Waals surface area contributed by atoms with Crippen molar-refractivity contribution in [1.29, 1.82) is 0 Å². The summed E-state index contributed by atoms with van der Waals surface area (Å²) < 4.78 is 1.47. The molecule has 0 saturated heterocycles. The highest BCUT2D eigenvalue weighted by molar-refractivity contribution is 5.73. The van der Waals surface area contributed by atoms with Crippen molar-refractivity contribution in [2.75, 3.05) is 0 Å². The summed E-state index contributed by atoms with van der Waals surface area (Å²) >= 11 is 0.